The number of rotatable bonds is 10. The van der Waals surface area contributed by atoms with E-state index in [1.54, 1.807) is 7.11 Å². The number of nitrogens with one attached hydrogen (secondary N) is 2. The standard InChI is InChI=1S/C16H35N5O.HI/c1-5-21-11-6-8-15(21)14-19-16(17-2)18-9-12-20(3)10-7-13-22-4;/h15H,5-14H2,1-4H3,(H2,17,18,19);1H. The summed E-state index contributed by atoms with van der Waals surface area (Å²) in [6, 6.07) is 0.653. The van der Waals surface area contributed by atoms with Crippen molar-refractivity contribution in [3.05, 3.63) is 0 Å². The molecule has 1 aliphatic rings. The van der Waals surface area contributed by atoms with Crippen molar-refractivity contribution in [1.82, 2.24) is 20.4 Å². The molecule has 0 radical (unpaired) electrons. The lowest BCUT2D eigenvalue weighted by molar-refractivity contribution is 0.180. The summed E-state index contributed by atoms with van der Waals surface area (Å²) in [7, 11) is 5.73. The van der Waals surface area contributed by atoms with Crippen LogP contribution in [0.25, 0.3) is 0 Å². The zero-order chi connectivity index (χ0) is 16.2. The Morgan fingerprint density at radius 3 is 2.78 bits per heavy atom. The third kappa shape index (κ3) is 9.69. The number of hydrogen-bond acceptors (Lipinski definition) is 4. The summed E-state index contributed by atoms with van der Waals surface area (Å²) in [5, 5.41) is 6.86. The van der Waals surface area contributed by atoms with E-state index in [9.17, 15) is 0 Å². The number of likely N-dealkylation sites (tertiary alicyclic amines) is 1. The van der Waals surface area contributed by atoms with Crippen LogP contribution in [0, 0.1) is 0 Å². The molecule has 0 aromatic rings. The van der Waals surface area contributed by atoms with Crippen LogP contribution in [0.15, 0.2) is 4.99 Å². The Morgan fingerprint density at radius 1 is 1.35 bits per heavy atom. The number of halogens is 1. The summed E-state index contributed by atoms with van der Waals surface area (Å²) in [6.45, 7) is 9.42. The second kappa shape index (κ2) is 14.2. The van der Waals surface area contributed by atoms with E-state index >= 15 is 0 Å². The van der Waals surface area contributed by atoms with Gasteiger partial charge in [0.05, 0.1) is 0 Å². The van der Waals surface area contributed by atoms with Gasteiger partial charge in [0.15, 0.2) is 5.96 Å². The van der Waals surface area contributed by atoms with E-state index in [-0.39, 0.29) is 24.0 Å². The molecule has 0 aliphatic carbocycles. The van der Waals surface area contributed by atoms with Crippen molar-refractivity contribution < 1.29 is 4.74 Å². The number of guanidine groups is 1. The summed E-state index contributed by atoms with van der Waals surface area (Å²) in [5.74, 6) is 0.910. The largest absolute Gasteiger partial charge is 0.385 e. The van der Waals surface area contributed by atoms with Crippen LogP contribution in [-0.2, 0) is 4.74 Å². The van der Waals surface area contributed by atoms with E-state index in [1.807, 2.05) is 7.05 Å². The fourth-order valence-corrected chi connectivity index (χ4v) is 2.93. The first-order valence-electron chi connectivity index (χ1n) is 8.57. The minimum absolute atomic E-state index is 0. The number of hydrogen-bond donors (Lipinski definition) is 2. The molecule has 2 N–H and O–H groups in total. The molecule has 7 heteroatoms. The highest BCUT2D eigenvalue weighted by Crippen LogP contribution is 2.15. The highest BCUT2D eigenvalue weighted by Gasteiger charge is 2.22. The second-order valence-electron chi connectivity index (χ2n) is 5.95. The maximum Gasteiger partial charge on any atom is 0.191 e. The normalized spacial score (nSPS) is 19.0. The molecule has 1 rings (SSSR count). The van der Waals surface area contributed by atoms with Crippen molar-refractivity contribution in [2.45, 2.75) is 32.2 Å². The van der Waals surface area contributed by atoms with E-state index < -0.39 is 0 Å². The van der Waals surface area contributed by atoms with Gasteiger partial charge < -0.3 is 20.3 Å². The van der Waals surface area contributed by atoms with Crippen LogP contribution < -0.4 is 10.6 Å². The van der Waals surface area contributed by atoms with Gasteiger partial charge in [0.25, 0.3) is 0 Å². The highest BCUT2D eigenvalue weighted by molar-refractivity contribution is 14.0. The fourth-order valence-electron chi connectivity index (χ4n) is 2.93. The van der Waals surface area contributed by atoms with Crippen LogP contribution in [0.3, 0.4) is 0 Å². The first kappa shape index (κ1) is 22.9. The zero-order valence-electron chi connectivity index (χ0n) is 15.3. The van der Waals surface area contributed by atoms with Crippen LogP contribution in [0.5, 0.6) is 0 Å². The third-order valence-electron chi connectivity index (χ3n) is 4.31. The molecule has 1 unspecified atom stereocenters. The maximum absolute atomic E-state index is 5.08. The average molecular weight is 441 g/mol. The van der Waals surface area contributed by atoms with Crippen LogP contribution in [-0.4, -0.2) is 88.9 Å². The Hall–Kier alpha value is -0.120. The van der Waals surface area contributed by atoms with Gasteiger partial charge in [0.2, 0.25) is 0 Å². The number of aliphatic imine (C=N–C) groups is 1. The molecule has 1 aliphatic heterocycles. The first-order valence-corrected chi connectivity index (χ1v) is 8.57. The molecule has 0 bridgehead atoms. The number of nitrogens with zero attached hydrogens (tertiary/aromatic N) is 3. The Balaban J connectivity index is 0.00000484. The predicted molar refractivity (Wildman–Crippen MR) is 109 cm³/mol. The van der Waals surface area contributed by atoms with Gasteiger partial charge in [-0.1, -0.05) is 6.92 Å². The molecule has 6 nitrogen and oxygen atoms in total. The Bertz CT molecular complexity index is 317. The molecule has 138 valence electrons. The molecule has 0 saturated carbocycles. The third-order valence-corrected chi connectivity index (χ3v) is 4.31. The van der Waals surface area contributed by atoms with Crippen molar-refractivity contribution in [3.8, 4) is 0 Å². The molecule has 1 atom stereocenters. The molecular weight excluding hydrogens is 405 g/mol. The van der Waals surface area contributed by atoms with E-state index in [0.717, 1.165) is 51.7 Å². The zero-order valence-corrected chi connectivity index (χ0v) is 17.6. The SMILES string of the molecule is CCN1CCCC1CNC(=NC)NCCN(C)CCCOC.I. The van der Waals surface area contributed by atoms with Crippen molar-refractivity contribution in [3.63, 3.8) is 0 Å². The van der Waals surface area contributed by atoms with Gasteiger partial charge in [-0.25, -0.2) is 0 Å². The average Bonchev–Trinajstić information content (AvgIpc) is 2.98. The van der Waals surface area contributed by atoms with Gasteiger partial charge in [-0.2, -0.15) is 0 Å². The quantitative estimate of drug-likeness (QED) is 0.231. The molecule has 0 amide bonds. The molecule has 1 heterocycles. The lowest BCUT2D eigenvalue weighted by Gasteiger charge is -2.24. The maximum atomic E-state index is 5.08. The lowest BCUT2D eigenvalue weighted by Crippen LogP contribution is -2.46. The second-order valence-corrected chi connectivity index (χ2v) is 5.95. The summed E-state index contributed by atoms with van der Waals surface area (Å²) >= 11 is 0. The predicted octanol–water partition coefficient (Wildman–Crippen LogP) is 1.22. The minimum Gasteiger partial charge on any atom is -0.385 e. The molecule has 23 heavy (non-hydrogen) atoms. The lowest BCUT2D eigenvalue weighted by atomic mass is 10.2. The van der Waals surface area contributed by atoms with Gasteiger partial charge >= 0.3 is 0 Å². The van der Waals surface area contributed by atoms with Gasteiger partial charge in [-0.05, 0) is 39.4 Å². The summed E-state index contributed by atoms with van der Waals surface area (Å²) < 4.78 is 5.08. The summed E-state index contributed by atoms with van der Waals surface area (Å²) in [6.07, 6.45) is 3.69. The summed E-state index contributed by atoms with van der Waals surface area (Å²) in [4.78, 5) is 9.17. The topological polar surface area (TPSA) is 52.1 Å². The van der Waals surface area contributed by atoms with Gasteiger partial charge in [0, 0.05) is 53.0 Å². The molecule has 0 aromatic carbocycles. The van der Waals surface area contributed by atoms with E-state index in [2.05, 4.69) is 39.4 Å². The molecular formula is C16H36IN5O. The summed E-state index contributed by atoms with van der Waals surface area (Å²) in [5.41, 5.74) is 0. The first-order chi connectivity index (χ1) is 10.7. The molecule has 0 spiro atoms. The monoisotopic (exact) mass is 441 g/mol. The van der Waals surface area contributed by atoms with Crippen molar-refractivity contribution >= 4 is 29.9 Å². The van der Waals surface area contributed by atoms with Gasteiger partial charge in [-0.15, -0.1) is 24.0 Å². The molecule has 0 aromatic heterocycles. The number of likely N-dealkylation sites (N-methyl/N-ethyl adjacent to an activating group) is 2. The molecule has 1 saturated heterocycles. The molecule has 1 fully saturated rings. The minimum atomic E-state index is 0. The smallest absolute Gasteiger partial charge is 0.191 e. The highest BCUT2D eigenvalue weighted by atomic mass is 127. The Labute approximate surface area is 159 Å². The van der Waals surface area contributed by atoms with Crippen LogP contribution in [0.1, 0.15) is 26.2 Å². The van der Waals surface area contributed by atoms with Gasteiger partial charge in [0.1, 0.15) is 0 Å². The van der Waals surface area contributed by atoms with Gasteiger partial charge in [-0.3, -0.25) is 9.89 Å². The van der Waals surface area contributed by atoms with E-state index in [1.165, 1.54) is 19.4 Å². The van der Waals surface area contributed by atoms with Crippen LogP contribution >= 0.6 is 24.0 Å². The van der Waals surface area contributed by atoms with E-state index in [0.29, 0.717) is 6.04 Å². The van der Waals surface area contributed by atoms with Crippen LogP contribution in [0.2, 0.25) is 0 Å². The van der Waals surface area contributed by atoms with Crippen molar-refractivity contribution in [2.75, 3.05) is 67.1 Å². The van der Waals surface area contributed by atoms with Crippen molar-refractivity contribution in [1.29, 1.82) is 0 Å². The Morgan fingerprint density at radius 2 is 2.13 bits per heavy atom. The number of ether oxygens (including phenoxy) is 1. The van der Waals surface area contributed by atoms with Crippen LogP contribution in [0.4, 0.5) is 0 Å². The fraction of sp³-hybridized carbons (Fsp3) is 0.938. The number of methoxy groups -OCH3 is 1. The van der Waals surface area contributed by atoms with Crippen molar-refractivity contribution in [2.24, 2.45) is 4.99 Å². The Kier molecular flexibility index (Phi) is 14.2. The van der Waals surface area contributed by atoms with E-state index in [4.69, 9.17) is 4.74 Å².